The van der Waals surface area contributed by atoms with Crippen LogP contribution in [-0.4, -0.2) is 39.7 Å². The van der Waals surface area contributed by atoms with Crippen LogP contribution in [0.3, 0.4) is 0 Å². The number of hydrogen-bond acceptors (Lipinski definition) is 3. The topological polar surface area (TPSA) is 66.7 Å². The van der Waals surface area contributed by atoms with Gasteiger partial charge in [0.25, 0.3) is 11.8 Å². The molecule has 2 heterocycles. The molecule has 0 spiro atoms. The van der Waals surface area contributed by atoms with Gasteiger partial charge in [-0.3, -0.25) is 14.0 Å². The molecule has 3 rings (SSSR count). The first-order valence-electron chi connectivity index (χ1n) is 8.80. The first-order valence-corrected chi connectivity index (χ1v) is 8.80. The third kappa shape index (κ3) is 3.97. The van der Waals surface area contributed by atoms with Gasteiger partial charge in [-0.25, -0.2) is 9.37 Å². The maximum absolute atomic E-state index is 13.4. The highest BCUT2D eigenvalue weighted by molar-refractivity contribution is 6.08. The third-order valence-corrected chi connectivity index (χ3v) is 4.23. The molecule has 2 amide bonds. The van der Waals surface area contributed by atoms with Crippen LogP contribution in [0.5, 0.6) is 0 Å². The Morgan fingerprint density at radius 2 is 2.04 bits per heavy atom. The summed E-state index contributed by atoms with van der Waals surface area (Å²) in [7, 11) is 1.72. The molecule has 3 aromatic rings. The van der Waals surface area contributed by atoms with Crippen LogP contribution in [0.15, 0.2) is 48.7 Å². The highest BCUT2D eigenvalue weighted by Gasteiger charge is 2.23. The lowest BCUT2D eigenvalue weighted by Crippen LogP contribution is -2.29. The van der Waals surface area contributed by atoms with Crippen LogP contribution in [0, 0.1) is 5.82 Å². The van der Waals surface area contributed by atoms with Gasteiger partial charge in [0.05, 0.1) is 5.52 Å². The Morgan fingerprint density at radius 1 is 1.22 bits per heavy atom. The first kappa shape index (κ1) is 18.6. The van der Waals surface area contributed by atoms with E-state index in [1.54, 1.807) is 46.8 Å². The summed E-state index contributed by atoms with van der Waals surface area (Å²) in [6.07, 6.45) is 3.56. The molecular weight excluding hydrogens is 347 g/mol. The van der Waals surface area contributed by atoms with Crippen molar-refractivity contribution in [2.75, 3.05) is 18.9 Å². The van der Waals surface area contributed by atoms with Gasteiger partial charge in [0.15, 0.2) is 5.69 Å². The summed E-state index contributed by atoms with van der Waals surface area (Å²) < 4.78 is 15.0. The summed E-state index contributed by atoms with van der Waals surface area (Å²) >= 11 is 0. The normalized spacial score (nSPS) is 10.8. The molecule has 1 N–H and O–H groups in total. The van der Waals surface area contributed by atoms with Gasteiger partial charge in [-0.05, 0) is 36.8 Å². The molecule has 140 valence electrons. The fraction of sp³-hybridized carbons (Fsp3) is 0.250. The van der Waals surface area contributed by atoms with E-state index in [-0.39, 0.29) is 17.4 Å². The Balaban J connectivity index is 1.94. The third-order valence-electron chi connectivity index (χ3n) is 4.23. The van der Waals surface area contributed by atoms with Gasteiger partial charge in [0.2, 0.25) is 5.82 Å². The molecule has 0 saturated heterocycles. The Morgan fingerprint density at radius 3 is 2.78 bits per heavy atom. The first-order chi connectivity index (χ1) is 13.0. The summed E-state index contributed by atoms with van der Waals surface area (Å²) in [5.41, 5.74) is 0.954. The van der Waals surface area contributed by atoms with Gasteiger partial charge in [-0.1, -0.05) is 25.5 Å². The van der Waals surface area contributed by atoms with Crippen molar-refractivity contribution < 1.29 is 14.0 Å². The fourth-order valence-corrected chi connectivity index (χ4v) is 2.78. The number of benzene rings is 1. The van der Waals surface area contributed by atoms with E-state index in [9.17, 15) is 14.0 Å². The van der Waals surface area contributed by atoms with Crippen LogP contribution < -0.4 is 5.32 Å². The highest BCUT2D eigenvalue weighted by Crippen LogP contribution is 2.17. The number of halogens is 1. The number of aromatic nitrogens is 2. The molecule has 0 saturated carbocycles. The number of anilines is 1. The molecular formula is C20H21FN4O2. The van der Waals surface area contributed by atoms with Crippen LogP contribution in [0.25, 0.3) is 5.52 Å². The molecule has 27 heavy (non-hydrogen) atoms. The van der Waals surface area contributed by atoms with Crippen molar-refractivity contribution in [3.8, 4) is 0 Å². The zero-order valence-electron chi connectivity index (χ0n) is 15.3. The molecule has 0 aliphatic rings. The quantitative estimate of drug-likeness (QED) is 0.723. The molecule has 1 aromatic carbocycles. The Bertz CT molecular complexity index is 983. The molecule has 0 aliphatic carbocycles. The van der Waals surface area contributed by atoms with Crippen LogP contribution in [0.4, 0.5) is 10.1 Å². The minimum atomic E-state index is -0.500. The van der Waals surface area contributed by atoms with Gasteiger partial charge in [0, 0.05) is 25.5 Å². The molecule has 0 unspecified atom stereocenters. The molecule has 0 fully saturated rings. The number of nitrogens with one attached hydrogen (secondary N) is 1. The van der Waals surface area contributed by atoms with Crippen LogP contribution in [0.1, 0.15) is 40.9 Å². The maximum atomic E-state index is 13.4. The van der Waals surface area contributed by atoms with Crippen LogP contribution in [-0.2, 0) is 0 Å². The minimum absolute atomic E-state index is 0.118. The lowest BCUT2D eigenvalue weighted by Gasteiger charge is -2.15. The van der Waals surface area contributed by atoms with E-state index in [4.69, 9.17) is 0 Å². The van der Waals surface area contributed by atoms with Crippen molar-refractivity contribution in [2.45, 2.75) is 19.8 Å². The van der Waals surface area contributed by atoms with E-state index in [0.29, 0.717) is 17.7 Å². The Labute approximate surface area is 156 Å². The van der Waals surface area contributed by atoms with Crippen LogP contribution in [0.2, 0.25) is 0 Å². The van der Waals surface area contributed by atoms with Crippen molar-refractivity contribution in [1.82, 2.24) is 14.3 Å². The van der Waals surface area contributed by atoms with Gasteiger partial charge in [0.1, 0.15) is 5.82 Å². The predicted octanol–water partition coefficient (Wildman–Crippen LogP) is 3.60. The van der Waals surface area contributed by atoms with Gasteiger partial charge >= 0.3 is 0 Å². The summed E-state index contributed by atoms with van der Waals surface area (Å²) in [6, 6.07) is 10.9. The van der Waals surface area contributed by atoms with Crippen molar-refractivity contribution >= 4 is 23.0 Å². The van der Waals surface area contributed by atoms with Crippen molar-refractivity contribution in [2.24, 2.45) is 0 Å². The highest BCUT2D eigenvalue weighted by atomic mass is 19.1. The van der Waals surface area contributed by atoms with E-state index < -0.39 is 11.7 Å². The molecule has 0 aliphatic heterocycles. The lowest BCUT2D eigenvalue weighted by molar-refractivity contribution is 0.0780. The maximum Gasteiger partial charge on any atom is 0.289 e. The monoisotopic (exact) mass is 368 g/mol. The van der Waals surface area contributed by atoms with E-state index >= 15 is 0 Å². The fourth-order valence-electron chi connectivity index (χ4n) is 2.78. The number of hydrogen-bond donors (Lipinski definition) is 1. The number of fused-ring (bicyclic) bond motifs is 1. The average Bonchev–Trinajstić information content (AvgIpc) is 3.05. The van der Waals surface area contributed by atoms with Crippen molar-refractivity contribution in [1.29, 1.82) is 0 Å². The predicted molar refractivity (Wildman–Crippen MR) is 101 cm³/mol. The van der Waals surface area contributed by atoms with E-state index in [1.807, 2.05) is 0 Å². The lowest BCUT2D eigenvalue weighted by atomic mass is 10.2. The summed E-state index contributed by atoms with van der Waals surface area (Å²) in [5, 5.41) is 2.63. The van der Waals surface area contributed by atoms with E-state index in [1.165, 1.54) is 18.2 Å². The largest absolute Gasteiger partial charge is 0.339 e. The standard InChI is InChI=1S/C20H21FN4O2/c1-3-4-11-24(2)20(27)18-23-17(16-10-5-6-12-25(16)18)19(26)22-15-9-7-8-14(21)13-15/h5-10,12-13H,3-4,11H2,1-2H3,(H,22,26). The van der Waals surface area contributed by atoms with Gasteiger partial charge in [-0.2, -0.15) is 0 Å². The van der Waals surface area contributed by atoms with E-state index in [0.717, 1.165) is 12.8 Å². The summed E-state index contributed by atoms with van der Waals surface area (Å²) in [5.74, 6) is -1.03. The zero-order chi connectivity index (χ0) is 19.4. The molecule has 7 heteroatoms. The number of amides is 2. The molecule has 0 bridgehead atoms. The second-order valence-corrected chi connectivity index (χ2v) is 6.28. The number of nitrogens with zero attached hydrogens (tertiary/aromatic N) is 3. The number of imidazole rings is 1. The second-order valence-electron chi connectivity index (χ2n) is 6.28. The summed E-state index contributed by atoms with van der Waals surface area (Å²) in [4.78, 5) is 31.3. The van der Waals surface area contributed by atoms with Crippen molar-refractivity contribution in [3.05, 3.63) is 66.0 Å². The molecule has 0 atom stereocenters. The van der Waals surface area contributed by atoms with E-state index in [2.05, 4.69) is 17.2 Å². The van der Waals surface area contributed by atoms with Gasteiger partial charge in [-0.15, -0.1) is 0 Å². The number of unbranched alkanes of at least 4 members (excludes halogenated alkanes) is 1. The molecule has 0 radical (unpaired) electrons. The summed E-state index contributed by atoms with van der Waals surface area (Å²) in [6.45, 7) is 2.67. The Hall–Kier alpha value is -3.22. The van der Waals surface area contributed by atoms with Crippen molar-refractivity contribution in [3.63, 3.8) is 0 Å². The number of rotatable bonds is 6. The second kappa shape index (κ2) is 7.99. The molecule has 2 aromatic heterocycles. The number of carbonyl (C=O) groups excluding carboxylic acids is 2. The Kier molecular flexibility index (Phi) is 5.49. The van der Waals surface area contributed by atoms with Gasteiger partial charge < -0.3 is 10.2 Å². The smallest absolute Gasteiger partial charge is 0.289 e. The molecule has 6 nitrogen and oxygen atoms in total. The number of carbonyl (C=O) groups is 2. The minimum Gasteiger partial charge on any atom is -0.339 e. The van der Waals surface area contributed by atoms with Crippen LogP contribution >= 0.6 is 0 Å². The zero-order valence-corrected chi connectivity index (χ0v) is 15.3. The number of pyridine rings is 1. The average molecular weight is 368 g/mol. The SMILES string of the molecule is CCCCN(C)C(=O)c1nc(C(=O)Nc2cccc(F)c2)c2ccccn12.